The molecule has 0 radical (unpaired) electrons. The van der Waals surface area contributed by atoms with Crippen molar-refractivity contribution in [1.82, 2.24) is 4.98 Å². The number of nitrogens with zero attached hydrogens (tertiary/aromatic N) is 1. The van der Waals surface area contributed by atoms with Gasteiger partial charge in [-0.05, 0) is 31.2 Å². The van der Waals surface area contributed by atoms with Gasteiger partial charge < -0.3 is 5.73 Å². The minimum atomic E-state index is 0.715. The lowest BCUT2D eigenvalue weighted by molar-refractivity contribution is 0.989. The van der Waals surface area contributed by atoms with Gasteiger partial charge in [-0.15, -0.1) is 11.3 Å². The molecule has 0 amide bonds. The van der Waals surface area contributed by atoms with Gasteiger partial charge in [0, 0.05) is 27.7 Å². The van der Waals surface area contributed by atoms with Gasteiger partial charge in [-0.3, -0.25) is 4.98 Å². The molecule has 14 heavy (non-hydrogen) atoms. The Bertz CT molecular complexity index is 395. The molecule has 0 aliphatic heterocycles. The van der Waals surface area contributed by atoms with Crippen molar-refractivity contribution < 1.29 is 0 Å². The average molecular weight is 204 g/mol. The highest BCUT2D eigenvalue weighted by molar-refractivity contribution is 7.15. The number of aromatic nitrogens is 1. The Morgan fingerprint density at radius 3 is 2.93 bits per heavy atom. The van der Waals surface area contributed by atoms with E-state index in [1.54, 1.807) is 17.5 Å². The minimum absolute atomic E-state index is 0.715. The van der Waals surface area contributed by atoms with E-state index < -0.39 is 0 Å². The van der Waals surface area contributed by atoms with Crippen LogP contribution in [0.5, 0.6) is 0 Å². The zero-order valence-corrected chi connectivity index (χ0v) is 8.63. The van der Waals surface area contributed by atoms with Crippen molar-refractivity contribution in [2.45, 2.75) is 6.42 Å². The molecule has 0 saturated heterocycles. The molecule has 0 unspecified atom stereocenters. The van der Waals surface area contributed by atoms with Crippen molar-refractivity contribution in [3.8, 4) is 10.4 Å². The second-order valence-corrected chi connectivity index (χ2v) is 4.21. The predicted molar refractivity (Wildman–Crippen MR) is 60.3 cm³/mol. The van der Waals surface area contributed by atoms with Gasteiger partial charge in [0.1, 0.15) is 0 Å². The number of hydrogen-bond acceptors (Lipinski definition) is 3. The molecule has 0 atom stereocenters. The largest absolute Gasteiger partial charge is 0.330 e. The SMILES string of the molecule is NCCc1ccc(-c2cccnc2)s1. The molecule has 0 spiro atoms. The van der Waals surface area contributed by atoms with E-state index in [1.165, 1.54) is 15.3 Å². The van der Waals surface area contributed by atoms with Crippen molar-refractivity contribution in [1.29, 1.82) is 0 Å². The van der Waals surface area contributed by atoms with Crippen LogP contribution in [0.3, 0.4) is 0 Å². The summed E-state index contributed by atoms with van der Waals surface area (Å²) in [6.45, 7) is 0.715. The molecule has 0 bridgehead atoms. The summed E-state index contributed by atoms with van der Waals surface area (Å²) in [6.07, 6.45) is 4.64. The van der Waals surface area contributed by atoms with Crippen LogP contribution in [0, 0.1) is 0 Å². The van der Waals surface area contributed by atoms with E-state index in [4.69, 9.17) is 5.73 Å². The molecule has 2 N–H and O–H groups in total. The first kappa shape index (κ1) is 9.37. The molecule has 0 aliphatic rings. The maximum atomic E-state index is 5.50. The van der Waals surface area contributed by atoms with Crippen LogP contribution in [0.1, 0.15) is 4.88 Å². The molecular formula is C11H12N2S. The summed E-state index contributed by atoms with van der Waals surface area (Å²) >= 11 is 1.79. The van der Waals surface area contributed by atoms with Gasteiger partial charge in [0.05, 0.1) is 0 Å². The van der Waals surface area contributed by atoms with E-state index in [0.717, 1.165) is 6.42 Å². The molecule has 2 aromatic heterocycles. The lowest BCUT2D eigenvalue weighted by Gasteiger charge is -1.94. The maximum absolute atomic E-state index is 5.50. The highest BCUT2D eigenvalue weighted by Crippen LogP contribution is 2.27. The molecule has 0 saturated carbocycles. The molecule has 0 fully saturated rings. The predicted octanol–water partition coefficient (Wildman–Crippen LogP) is 2.31. The van der Waals surface area contributed by atoms with Crippen LogP contribution in [-0.4, -0.2) is 11.5 Å². The quantitative estimate of drug-likeness (QED) is 0.833. The average Bonchev–Trinajstić information content (AvgIpc) is 2.68. The van der Waals surface area contributed by atoms with E-state index in [-0.39, 0.29) is 0 Å². The lowest BCUT2D eigenvalue weighted by atomic mass is 10.2. The lowest BCUT2D eigenvalue weighted by Crippen LogP contribution is -2.00. The summed E-state index contributed by atoms with van der Waals surface area (Å²) in [5, 5.41) is 0. The van der Waals surface area contributed by atoms with Crippen molar-refractivity contribution in [2.75, 3.05) is 6.54 Å². The van der Waals surface area contributed by atoms with E-state index >= 15 is 0 Å². The molecule has 2 nitrogen and oxygen atoms in total. The Labute approximate surface area is 87.4 Å². The Kier molecular flexibility index (Phi) is 2.91. The Hall–Kier alpha value is -1.19. The van der Waals surface area contributed by atoms with E-state index in [1.807, 2.05) is 12.3 Å². The summed E-state index contributed by atoms with van der Waals surface area (Å²) in [6, 6.07) is 8.30. The Balaban J connectivity index is 2.25. The standard InChI is InChI=1S/C11H12N2S/c12-6-5-10-3-4-11(14-10)9-2-1-7-13-8-9/h1-4,7-8H,5-6,12H2. The first-order valence-electron chi connectivity index (χ1n) is 4.59. The first-order chi connectivity index (χ1) is 6.90. The number of rotatable bonds is 3. The highest BCUT2D eigenvalue weighted by Gasteiger charge is 2.01. The van der Waals surface area contributed by atoms with E-state index in [2.05, 4.69) is 23.2 Å². The summed E-state index contributed by atoms with van der Waals surface area (Å²) in [7, 11) is 0. The van der Waals surface area contributed by atoms with Gasteiger partial charge in [-0.25, -0.2) is 0 Å². The Morgan fingerprint density at radius 1 is 1.29 bits per heavy atom. The monoisotopic (exact) mass is 204 g/mol. The maximum Gasteiger partial charge on any atom is 0.0361 e. The van der Waals surface area contributed by atoms with Crippen molar-refractivity contribution in [2.24, 2.45) is 5.73 Å². The molecule has 0 aromatic carbocycles. The Morgan fingerprint density at radius 2 is 2.21 bits per heavy atom. The number of pyridine rings is 1. The van der Waals surface area contributed by atoms with Crippen LogP contribution in [0.4, 0.5) is 0 Å². The van der Waals surface area contributed by atoms with Crippen molar-refractivity contribution in [3.63, 3.8) is 0 Å². The van der Waals surface area contributed by atoms with Crippen molar-refractivity contribution >= 4 is 11.3 Å². The zero-order chi connectivity index (χ0) is 9.80. The molecule has 3 heteroatoms. The fourth-order valence-electron chi connectivity index (χ4n) is 1.32. The van der Waals surface area contributed by atoms with Gasteiger partial charge in [-0.2, -0.15) is 0 Å². The number of thiophene rings is 1. The molecule has 72 valence electrons. The molecule has 2 rings (SSSR count). The number of nitrogens with two attached hydrogens (primary N) is 1. The normalized spacial score (nSPS) is 10.4. The zero-order valence-electron chi connectivity index (χ0n) is 7.81. The fraction of sp³-hybridized carbons (Fsp3) is 0.182. The second-order valence-electron chi connectivity index (χ2n) is 3.05. The molecule has 2 aromatic rings. The molecular weight excluding hydrogens is 192 g/mol. The van der Waals surface area contributed by atoms with Crippen LogP contribution >= 0.6 is 11.3 Å². The van der Waals surface area contributed by atoms with Gasteiger partial charge in [0.25, 0.3) is 0 Å². The van der Waals surface area contributed by atoms with Crippen LogP contribution in [-0.2, 0) is 6.42 Å². The van der Waals surface area contributed by atoms with Crippen LogP contribution in [0.15, 0.2) is 36.7 Å². The van der Waals surface area contributed by atoms with Crippen LogP contribution in [0.2, 0.25) is 0 Å². The summed E-state index contributed by atoms with van der Waals surface area (Å²) in [5.41, 5.74) is 6.68. The smallest absolute Gasteiger partial charge is 0.0361 e. The summed E-state index contributed by atoms with van der Waals surface area (Å²) < 4.78 is 0. The van der Waals surface area contributed by atoms with E-state index in [9.17, 15) is 0 Å². The second kappa shape index (κ2) is 4.35. The summed E-state index contributed by atoms with van der Waals surface area (Å²) in [5.74, 6) is 0. The molecule has 2 heterocycles. The van der Waals surface area contributed by atoms with Gasteiger partial charge in [0.15, 0.2) is 0 Å². The minimum Gasteiger partial charge on any atom is -0.330 e. The van der Waals surface area contributed by atoms with Gasteiger partial charge in [-0.1, -0.05) is 6.07 Å². The summed E-state index contributed by atoms with van der Waals surface area (Å²) in [4.78, 5) is 6.70. The highest BCUT2D eigenvalue weighted by atomic mass is 32.1. The van der Waals surface area contributed by atoms with Crippen molar-refractivity contribution in [3.05, 3.63) is 41.5 Å². The topological polar surface area (TPSA) is 38.9 Å². The van der Waals surface area contributed by atoms with Gasteiger partial charge >= 0.3 is 0 Å². The third kappa shape index (κ3) is 2.00. The number of hydrogen-bond donors (Lipinski definition) is 1. The fourth-order valence-corrected chi connectivity index (χ4v) is 2.33. The molecule has 0 aliphatic carbocycles. The first-order valence-corrected chi connectivity index (χ1v) is 5.41. The third-order valence-electron chi connectivity index (χ3n) is 2.00. The van der Waals surface area contributed by atoms with E-state index in [0.29, 0.717) is 6.54 Å². The third-order valence-corrected chi connectivity index (χ3v) is 3.19. The van der Waals surface area contributed by atoms with Crippen LogP contribution in [0.25, 0.3) is 10.4 Å². The van der Waals surface area contributed by atoms with Crippen LogP contribution < -0.4 is 5.73 Å². The van der Waals surface area contributed by atoms with Gasteiger partial charge in [0.2, 0.25) is 0 Å².